The van der Waals surface area contributed by atoms with E-state index in [2.05, 4.69) is 42.5 Å². The molecule has 0 bridgehead atoms. The lowest BCUT2D eigenvalue weighted by atomic mass is 10.2. The number of benzene rings is 1. The number of carbonyl (C=O) groups excluding carboxylic acids is 2. The maximum absolute atomic E-state index is 11.5. The molecule has 0 saturated carbocycles. The molecule has 96 valence electrons. The van der Waals surface area contributed by atoms with E-state index in [-0.39, 0.29) is 18.2 Å². The van der Waals surface area contributed by atoms with Crippen LogP contribution in [0.4, 0.5) is 5.69 Å². The maximum Gasteiger partial charge on any atom is 0.249 e. The zero-order valence-electron chi connectivity index (χ0n) is 9.42. The summed E-state index contributed by atoms with van der Waals surface area (Å²) < 4.78 is 6.76. The summed E-state index contributed by atoms with van der Waals surface area (Å²) in [5.74, 6) is 0.0666. The number of amides is 2. The molecule has 2 amide bonds. The molecule has 1 fully saturated rings. The van der Waals surface area contributed by atoms with Crippen molar-refractivity contribution in [3.63, 3.8) is 0 Å². The number of ether oxygens (including phenoxy) is 1. The van der Waals surface area contributed by atoms with E-state index in [4.69, 9.17) is 4.74 Å². The zero-order chi connectivity index (χ0) is 13.3. The standard InChI is InChI=1S/C11H10Br2N2O3/c1-18-9-3-7(5(12)2-6(9)13)14-8-4-10(16)15-11(8)17/h2-3,8,14H,4H2,1H3,(H,15,16,17). The Labute approximate surface area is 121 Å². The van der Waals surface area contributed by atoms with Gasteiger partial charge in [-0.3, -0.25) is 14.9 Å². The quantitative estimate of drug-likeness (QED) is 0.791. The van der Waals surface area contributed by atoms with Crippen LogP contribution in [0.1, 0.15) is 6.42 Å². The van der Waals surface area contributed by atoms with Gasteiger partial charge in [0.1, 0.15) is 11.8 Å². The average Bonchev–Trinajstić information content (AvgIpc) is 2.61. The summed E-state index contributed by atoms with van der Waals surface area (Å²) in [4.78, 5) is 22.6. The SMILES string of the molecule is COc1cc(NC2CC(=O)NC2=O)c(Br)cc1Br. The highest BCUT2D eigenvalue weighted by Gasteiger charge is 2.30. The normalized spacial score (nSPS) is 18.7. The van der Waals surface area contributed by atoms with Crippen molar-refractivity contribution in [2.75, 3.05) is 12.4 Å². The number of carbonyl (C=O) groups is 2. The van der Waals surface area contributed by atoms with Gasteiger partial charge in [0, 0.05) is 10.5 Å². The Morgan fingerprint density at radius 3 is 2.61 bits per heavy atom. The predicted octanol–water partition coefficient (Wildman–Crippen LogP) is 2.05. The van der Waals surface area contributed by atoms with Crippen molar-refractivity contribution in [1.82, 2.24) is 5.32 Å². The van der Waals surface area contributed by atoms with Crippen LogP contribution in [0.15, 0.2) is 21.1 Å². The van der Waals surface area contributed by atoms with Gasteiger partial charge in [-0.25, -0.2) is 0 Å². The minimum absolute atomic E-state index is 0.143. The molecule has 1 atom stereocenters. The second kappa shape index (κ2) is 5.27. The summed E-state index contributed by atoms with van der Waals surface area (Å²) in [5, 5.41) is 5.26. The summed E-state index contributed by atoms with van der Waals surface area (Å²) in [6, 6.07) is 3.03. The Hall–Kier alpha value is -1.08. The van der Waals surface area contributed by atoms with E-state index in [0.717, 1.165) is 8.95 Å². The van der Waals surface area contributed by atoms with Gasteiger partial charge in [-0.2, -0.15) is 0 Å². The minimum atomic E-state index is -0.542. The molecule has 0 aliphatic carbocycles. The van der Waals surface area contributed by atoms with Crippen molar-refractivity contribution >= 4 is 49.4 Å². The molecule has 5 nitrogen and oxygen atoms in total. The van der Waals surface area contributed by atoms with Crippen LogP contribution in [-0.4, -0.2) is 25.0 Å². The van der Waals surface area contributed by atoms with Gasteiger partial charge in [-0.05, 0) is 37.9 Å². The first kappa shape index (κ1) is 13.4. The number of hydrogen-bond donors (Lipinski definition) is 2. The van der Waals surface area contributed by atoms with Crippen molar-refractivity contribution in [2.24, 2.45) is 0 Å². The van der Waals surface area contributed by atoms with Crippen molar-refractivity contribution < 1.29 is 14.3 Å². The van der Waals surface area contributed by atoms with Crippen molar-refractivity contribution in [3.05, 3.63) is 21.1 Å². The Kier molecular flexibility index (Phi) is 3.91. The molecule has 1 aliphatic heterocycles. The predicted molar refractivity (Wildman–Crippen MR) is 73.6 cm³/mol. The summed E-state index contributed by atoms with van der Waals surface area (Å²) in [7, 11) is 1.56. The van der Waals surface area contributed by atoms with Crippen molar-refractivity contribution in [1.29, 1.82) is 0 Å². The van der Waals surface area contributed by atoms with Gasteiger partial charge in [0.25, 0.3) is 0 Å². The van der Waals surface area contributed by atoms with E-state index in [1.807, 2.05) is 6.07 Å². The van der Waals surface area contributed by atoms with Gasteiger partial charge in [0.15, 0.2) is 0 Å². The molecule has 1 aromatic rings. The Morgan fingerprint density at radius 1 is 1.33 bits per heavy atom. The summed E-state index contributed by atoms with van der Waals surface area (Å²) in [6.07, 6.45) is 0.143. The van der Waals surface area contributed by atoms with Crippen LogP contribution in [0.25, 0.3) is 0 Å². The van der Waals surface area contributed by atoms with Gasteiger partial charge in [-0.15, -0.1) is 0 Å². The van der Waals surface area contributed by atoms with E-state index in [1.54, 1.807) is 13.2 Å². The lowest BCUT2D eigenvalue weighted by Gasteiger charge is -2.14. The summed E-state index contributed by atoms with van der Waals surface area (Å²) in [6.45, 7) is 0. The molecular weight excluding hydrogens is 368 g/mol. The fraction of sp³-hybridized carbons (Fsp3) is 0.273. The molecule has 1 aliphatic rings. The molecule has 1 aromatic carbocycles. The molecule has 18 heavy (non-hydrogen) atoms. The van der Waals surface area contributed by atoms with Gasteiger partial charge in [0.2, 0.25) is 11.8 Å². The zero-order valence-corrected chi connectivity index (χ0v) is 12.6. The van der Waals surface area contributed by atoms with Gasteiger partial charge >= 0.3 is 0 Å². The number of hydrogen-bond acceptors (Lipinski definition) is 4. The van der Waals surface area contributed by atoms with Gasteiger partial charge in [0.05, 0.1) is 23.7 Å². The number of imide groups is 1. The highest BCUT2D eigenvalue weighted by molar-refractivity contribution is 9.11. The summed E-state index contributed by atoms with van der Waals surface area (Å²) >= 11 is 6.75. The van der Waals surface area contributed by atoms with Crippen molar-refractivity contribution in [2.45, 2.75) is 12.5 Å². The molecule has 0 aromatic heterocycles. The topological polar surface area (TPSA) is 67.4 Å². The van der Waals surface area contributed by atoms with E-state index < -0.39 is 6.04 Å². The Bertz CT molecular complexity index is 519. The molecule has 1 heterocycles. The van der Waals surface area contributed by atoms with Crippen LogP contribution in [-0.2, 0) is 9.59 Å². The Balaban J connectivity index is 2.24. The maximum atomic E-state index is 11.5. The molecule has 2 rings (SSSR count). The molecule has 1 saturated heterocycles. The second-order valence-electron chi connectivity index (χ2n) is 3.78. The Morgan fingerprint density at radius 2 is 2.06 bits per heavy atom. The molecular formula is C11H10Br2N2O3. The molecule has 2 N–H and O–H groups in total. The van der Waals surface area contributed by atoms with Gasteiger partial charge < -0.3 is 10.1 Å². The van der Waals surface area contributed by atoms with E-state index in [9.17, 15) is 9.59 Å². The highest BCUT2D eigenvalue weighted by Crippen LogP contribution is 2.35. The van der Waals surface area contributed by atoms with E-state index in [0.29, 0.717) is 11.4 Å². The smallest absolute Gasteiger partial charge is 0.249 e. The lowest BCUT2D eigenvalue weighted by molar-refractivity contribution is -0.124. The minimum Gasteiger partial charge on any atom is -0.495 e. The first-order valence-electron chi connectivity index (χ1n) is 5.14. The monoisotopic (exact) mass is 376 g/mol. The number of rotatable bonds is 3. The van der Waals surface area contributed by atoms with Crippen LogP contribution < -0.4 is 15.4 Å². The largest absolute Gasteiger partial charge is 0.495 e. The summed E-state index contributed by atoms with van der Waals surface area (Å²) in [5.41, 5.74) is 0.699. The van der Waals surface area contributed by atoms with Crippen LogP contribution in [0.5, 0.6) is 5.75 Å². The van der Waals surface area contributed by atoms with Crippen LogP contribution >= 0.6 is 31.9 Å². The van der Waals surface area contributed by atoms with E-state index in [1.165, 1.54) is 0 Å². The van der Waals surface area contributed by atoms with E-state index >= 15 is 0 Å². The first-order chi connectivity index (χ1) is 8.51. The third-order valence-corrected chi connectivity index (χ3v) is 3.82. The molecule has 0 spiro atoms. The highest BCUT2D eigenvalue weighted by atomic mass is 79.9. The molecule has 1 unspecified atom stereocenters. The number of methoxy groups -OCH3 is 1. The average molecular weight is 378 g/mol. The van der Waals surface area contributed by atoms with Crippen LogP contribution in [0.3, 0.4) is 0 Å². The second-order valence-corrected chi connectivity index (χ2v) is 5.49. The fourth-order valence-corrected chi connectivity index (χ4v) is 2.92. The lowest BCUT2D eigenvalue weighted by Crippen LogP contribution is -2.30. The number of anilines is 1. The van der Waals surface area contributed by atoms with Crippen LogP contribution in [0.2, 0.25) is 0 Å². The van der Waals surface area contributed by atoms with Crippen LogP contribution in [0, 0.1) is 0 Å². The fourth-order valence-electron chi connectivity index (χ4n) is 1.65. The number of halogens is 2. The third-order valence-electron chi connectivity index (χ3n) is 2.54. The molecule has 7 heteroatoms. The molecule has 0 radical (unpaired) electrons. The third kappa shape index (κ3) is 2.67. The number of nitrogens with one attached hydrogen (secondary N) is 2. The van der Waals surface area contributed by atoms with Crippen molar-refractivity contribution in [3.8, 4) is 5.75 Å². The van der Waals surface area contributed by atoms with Gasteiger partial charge in [-0.1, -0.05) is 0 Å². The first-order valence-corrected chi connectivity index (χ1v) is 6.73.